The highest BCUT2D eigenvalue weighted by atomic mass is 16.2. The first-order chi connectivity index (χ1) is 14.9. The van der Waals surface area contributed by atoms with Crippen molar-refractivity contribution in [2.75, 3.05) is 43.4 Å². The topological polar surface area (TPSA) is 70.5 Å². The average molecular weight is 420 g/mol. The molecule has 1 fully saturated rings. The minimum Gasteiger partial charge on any atom is -0.367 e. The Morgan fingerprint density at radius 1 is 1.00 bits per heavy atom. The summed E-state index contributed by atoms with van der Waals surface area (Å²) in [4.78, 5) is 30.8. The zero-order valence-corrected chi connectivity index (χ0v) is 18.3. The number of anilines is 2. The molecule has 1 amide bonds. The van der Waals surface area contributed by atoms with Gasteiger partial charge >= 0.3 is 0 Å². The molecule has 1 saturated heterocycles. The molecule has 2 aromatic carbocycles. The molecule has 0 radical (unpaired) electrons. The van der Waals surface area contributed by atoms with Crippen molar-refractivity contribution in [2.45, 2.75) is 20.4 Å². The van der Waals surface area contributed by atoms with E-state index in [0.717, 1.165) is 37.6 Å². The third-order valence-corrected chi connectivity index (χ3v) is 5.62. The smallest absolute Gasteiger partial charge is 0.276 e. The summed E-state index contributed by atoms with van der Waals surface area (Å²) in [5.41, 5.74) is 1.86. The van der Waals surface area contributed by atoms with Gasteiger partial charge in [-0.3, -0.25) is 9.59 Å². The SMILES string of the molecule is CC(C)Cn1nc(C(=O)Nc2ccccc2N2CCN(C)CC2)c2ccccc2c1=O. The van der Waals surface area contributed by atoms with Gasteiger partial charge in [-0.15, -0.1) is 0 Å². The number of rotatable bonds is 5. The van der Waals surface area contributed by atoms with Gasteiger partial charge in [0.15, 0.2) is 5.69 Å². The fourth-order valence-electron chi connectivity index (χ4n) is 3.96. The fraction of sp³-hybridized carbons (Fsp3) is 0.375. The lowest BCUT2D eigenvalue weighted by molar-refractivity contribution is 0.102. The van der Waals surface area contributed by atoms with Gasteiger partial charge in [0.05, 0.1) is 16.8 Å². The van der Waals surface area contributed by atoms with Gasteiger partial charge in [-0.25, -0.2) is 4.68 Å². The van der Waals surface area contributed by atoms with Crippen LogP contribution < -0.4 is 15.8 Å². The monoisotopic (exact) mass is 419 g/mol. The summed E-state index contributed by atoms with van der Waals surface area (Å²) in [6, 6.07) is 15.0. The van der Waals surface area contributed by atoms with Crippen LogP contribution in [0.1, 0.15) is 24.3 Å². The summed E-state index contributed by atoms with van der Waals surface area (Å²) in [6.07, 6.45) is 0. The molecular weight excluding hydrogens is 390 g/mol. The van der Waals surface area contributed by atoms with Gasteiger partial charge < -0.3 is 15.1 Å². The second-order valence-electron chi connectivity index (χ2n) is 8.54. The molecule has 31 heavy (non-hydrogen) atoms. The lowest BCUT2D eigenvalue weighted by atomic mass is 10.1. The van der Waals surface area contributed by atoms with Crippen LogP contribution in [0.15, 0.2) is 53.3 Å². The number of aromatic nitrogens is 2. The van der Waals surface area contributed by atoms with Crippen LogP contribution in [-0.2, 0) is 6.54 Å². The lowest BCUT2D eigenvalue weighted by Gasteiger charge is -2.35. The molecule has 7 nitrogen and oxygen atoms in total. The third kappa shape index (κ3) is 4.46. The van der Waals surface area contributed by atoms with Gasteiger partial charge in [0.1, 0.15) is 0 Å². The van der Waals surface area contributed by atoms with Crippen molar-refractivity contribution in [3.05, 3.63) is 64.6 Å². The highest BCUT2D eigenvalue weighted by Crippen LogP contribution is 2.27. The number of amides is 1. The minimum atomic E-state index is -0.310. The second-order valence-corrected chi connectivity index (χ2v) is 8.54. The number of nitrogens with zero attached hydrogens (tertiary/aromatic N) is 4. The predicted octanol–water partition coefficient (Wildman–Crippen LogP) is 3.06. The number of fused-ring (bicyclic) bond motifs is 1. The third-order valence-electron chi connectivity index (χ3n) is 5.62. The van der Waals surface area contributed by atoms with Gasteiger partial charge in [0.25, 0.3) is 11.5 Å². The van der Waals surface area contributed by atoms with Gasteiger partial charge in [0.2, 0.25) is 0 Å². The summed E-state index contributed by atoms with van der Waals surface area (Å²) in [7, 11) is 2.12. The maximum absolute atomic E-state index is 13.3. The largest absolute Gasteiger partial charge is 0.367 e. The molecule has 2 heterocycles. The van der Waals surface area contributed by atoms with Crippen LogP contribution in [0.5, 0.6) is 0 Å². The average Bonchev–Trinajstić information content (AvgIpc) is 2.76. The molecule has 1 N–H and O–H groups in total. The Hall–Kier alpha value is -3.19. The zero-order valence-electron chi connectivity index (χ0n) is 18.3. The number of benzene rings is 2. The zero-order chi connectivity index (χ0) is 22.0. The van der Waals surface area contributed by atoms with Crippen molar-refractivity contribution in [3.8, 4) is 0 Å². The van der Waals surface area contributed by atoms with Gasteiger partial charge in [0, 0.05) is 38.1 Å². The molecule has 0 spiro atoms. The van der Waals surface area contributed by atoms with Crippen LogP contribution in [0, 0.1) is 5.92 Å². The molecule has 162 valence electrons. The van der Waals surface area contributed by atoms with Crippen molar-refractivity contribution >= 4 is 28.1 Å². The molecular formula is C24H29N5O2. The number of nitrogens with one attached hydrogen (secondary N) is 1. The van der Waals surface area contributed by atoms with E-state index in [4.69, 9.17) is 0 Å². The van der Waals surface area contributed by atoms with Crippen LogP contribution in [0.2, 0.25) is 0 Å². The number of carbonyl (C=O) groups is 1. The minimum absolute atomic E-state index is 0.168. The van der Waals surface area contributed by atoms with E-state index in [1.54, 1.807) is 12.1 Å². The van der Waals surface area contributed by atoms with Gasteiger partial charge in [-0.1, -0.05) is 44.2 Å². The Kier molecular flexibility index (Phi) is 6.04. The van der Waals surface area contributed by atoms with Gasteiger partial charge in [-0.2, -0.15) is 5.10 Å². The van der Waals surface area contributed by atoms with Crippen molar-refractivity contribution in [1.29, 1.82) is 0 Å². The molecule has 0 bridgehead atoms. The first kappa shape index (κ1) is 21.1. The molecule has 1 aliphatic heterocycles. The predicted molar refractivity (Wildman–Crippen MR) is 125 cm³/mol. The Labute approximate surface area is 182 Å². The van der Waals surface area contributed by atoms with E-state index >= 15 is 0 Å². The summed E-state index contributed by atoms with van der Waals surface area (Å²) >= 11 is 0. The molecule has 4 rings (SSSR count). The van der Waals surface area contributed by atoms with E-state index in [1.807, 2.05) is 50.2 Å². The Bertz CT molecular complexity index is 1150. The fourth-order valence-corrected chi connectivity index (χ4v) is 3.96. The van der Waals surface area contributed by atoms with Crippen LogP contribution in [-0.4, -0.2) is 53.8 Å². The summed E-state index contributed by atoms with van der Waals surface area (Å²) < 4.78 is 1.41. The van der Waals surface area contributed by atoms with Gasteiger partial charge in [-0.05, 0) is 31.2 Å². The van der Waals surface area contributed by atoms with Crippen LogP contribution in [0.3, 0.4) is 0 Å². The highest BCUT2D eigenvalue weighted by molar-refractivity contribution is 6.12. The highest BCUT2D eigenvalue weighted by Gasteiger charge is 2.21. The first-order valence-corrected chi connectivity index (χ1v) is 10.8. The summed E-state index contributed by atoms with van der Waals surface area (Å²) in [5.74, 6) is -0.0736. The molecule has 1 aromatic heterocycles. The maximum atomic E-state index is 13.3. The van der Waals surface area contributed by atoms with Crippen LogP contribution in [0.4, 0.5) is 11.4 Å². The van der Waals surface area contributed by atoms with E-state index < -0.39 is 0 Å². The molecule has 0 unspecified atom stereocenters. The van der Waals surface area contributed by atoms with Crippen molar-refractivity contribution in [2.24, 2.45) is 5.92 Å². The number of piperazine rings is 1. The van der Waals surface area contributed by atoms with E-state index in [2.05, 4.69) is 27.3 Å². The summed E-state index contributed by atoms with van der Waals surface area (Å²) in [5, 5.41) is 8.60. The van der Waals surface area contributed by atoms with E-state index in [1.165, 1.54) is 4.68 Å². The quantitative estimate of drug-likeness (QED) is 0.688. The summed E-state index contributed by atoms with van der Waals surface area (Å²) in [6.45, 7) is 8.28. The molecule has 0 atom stereocenters. The molecule has 7 heteroatoms. The standard InChI is InChI=1S/C24H29N5O2/c1-17(2)16-29-24(31)19-9-5-4-8-18(19)22(26-29)23(30)25-20-10-6-7-11-21(20)28-14-12-27(3)13-15-28/h4-11,17H,12-16H2,1-3H3,(H,25,30). The Balaban J connectivity index is 1.70. The number of carbonyl (C=O) groups excluding carboxylic acids is 1. The molecule has 1 aliphatic rings. The van der Waals surface area contributed by atoms with Crippen molar-refractivity contribution in [3.63, 3.8) is 0 Å². The number of para-hydroxylation sites is 2. The maximum Gasteiger partial charge on any atom is 0.276 e. The second kappa shape index (κ2) is 8.89. The van der Waals surface area contributed by atoms with Crippen LogP contribution >= 0.6 is 0 Å². The van der Waals surface area contributed by atoms with Crippen LogP contribution in [0.25, 0.3) is 10.8 Å². The Morgan fingerprint density at radius 3 is 2.35 bits per heavy atom. The lowest BCUT2D eigenvalue weighted by Crippen LogP contribution is -2.44. The van der Waals surface area contributed by atoms with Crippen molar-refractivity contribution in [1.82, 2.24) is 14.7 Å². The van der Waals surface area contributed by atoms with Crippen molar-refractivity contribution < 1.29 is 4.79 Å². The van der Waals surface area contributed by atoms with E-state index in [0.29, 0.717) is 17.3 Å². The number of hydrogen-bond acceptors (Lipinski definition) is 5. The van der Waals surface area contributed by atoms with E-state index in [9.17, 15) is 9.59 Å². The number of likely N-dealkylation sites (N-methyl/N-ethyl adjacent to an activating group) is 1. The molecule has 0 saturated carbocycles. The normalized spacial score (nSPS) is 14.9. The first-order valence-electron chi connectivity index (χ1n) is 10.8. The Morgan fingerprint density at radius 2 is 1.65 bits per heavy atom. The molecule has 0 aliphatic carbocycles. The van der Waals surface area contributed by atoms with E-state index in [-0.39, 0.29) is 23.1 Å². The molecule has 3 aromatic rings. The number of hydrogen-bond donors (Lipinski definition) is 1.